The van der Waals surface area contributed by atoms with Gasteiger partial charge < -0.3 is 10.1 Å². The van der Waals surface area contributed by atoms with E-state index < -0.39 is 11.6 Å². The van der Waals surface area contributed by atoms with Crippen molar-refractivity contribution in [3.63, 3.8) is 0 Å². The number of rotatable bonds is 5. The summed E-state index contributed by atoms with van der Waals surface area (Å²) in [6, 6.07) is 23.1. The molecule has 9 nitrogen and oxygen atoms in total. The average molecular weight is 450 g/mol. The first kappa shape index (κ1) is 20.9. The quantitative estimate of drug-likeness (QED) is 0.437. The van der Waals surface area contributed by atoms with Gasteiger partial charge >= 0.3 is 5.69 Å². The topological polar surface area (TPSA) is 114 Å². The lowest BCUT2D eigenvalue weighted by Crippen LogP contribution is -2.28. The smallest absolute Gasteiger partial charge is 0.351 e. The minimum absolute atomic E-state index is 0.153. The zero-order valence-corrected chi connectivity index (χ0v) is 18.1. The van der Waals surface area contributed by atoms with E-state index in [9.17, 15) is 9.59 Å². The summed E-state index contributed by atoms with van der Waals surface area (Å²) in [7, 11) is 0. The second-order valence-corrected chi connectivity index (χ2v) is 7.66. The number of aryl methyl sites for hydroxylation is 1. The maximum atomic E-state index is 13.2. The highest BCUT2D eigenvalue weighted by Crippen LogP contribution is 2.26. The van der Waals surface area contributed by atoms with Gasteiger partial charge in [0.2, 0.25) is 11.6 Å². The van der Waals surface area contributed by atoms with E-state index in [1.165, 1.54) is 4.40 Å². The highest BCUT2D eigenvalue weighted by molar-refractivity contribution is 5.90. The van der Waals surface area contributed by atoms with Crippen LogP contribution >= 0.6 is 0 Å². The number of hydrogen-bond donors (Lipinski definition) is 1. The molecule has 0 unspecified atom stereocenters. The molecule has 0 spiro atoms. The van der Waals surface area contributed by atoms with E-state index in [1.54, 1.807) is 54.6 Å². The Kier molecular flexibility index (Phi) is 5.24. The number of aromatic nitrogens is 4. The van der Waals surface area contributed by atoms with Gasteiger partial charge in [0.15, 0.2) is 0 Å². The molecule has 0 fully saturated rings. The van der Waals surface area contributed by atoms with Gasteiger partial charge in [0, 0.05) is 5.69 Å². The fourth-order valence-electron chi connectivity index (χ4n) is 3.56. The van der Waals surface area contributed by atoms with E-state index in [2.05, 4.69) is 15.4 Å². The van der Waals surface area contributed by atoms with Gasteiger partial charge in [-0.3, -0.25) is 4.79 Å². The Morgan fingerprint density at radius 2 is 1.88 bits per heavy atom. The second kappa shape index (κ2) is 8.52. The first-order valence-electron chi connectivity index (χ1n) is 10.4. The summed E-state index contributed by atoms with van der Waals surface area (Å²) in [5.74, 6) is 0.242. The summed E-state index contributed by atoms with van der Waals surface area (Å²) >= 11 is 0. The number of anilines is 1. The third kappa shape index (κ3) is 3.96. The molecule has 0 aliphatic heterocycles. The molecule has 0 radical (unpaired) electrons. The van der Waals surface area contributed by atoms with Gasteiger partial charge in [0.05, 0.1) is 22.7 Å². The van der Waals surface area contributed by atoms with Crippen molar-refractivity contribution in [1.82, 2.24) is 19.2 Å². The largest absolute Gasteiger partial charge is 0.436 e. The van der Waals surface area contributed by atoms with Gasteiger partial charge in [0.1, 0.15) is 12.3 Å². The first-order chi connectivity index (χ1) is 16.5. The van der Waals surface area contributed by atoms with E-state index in [4.69, 9.17) is 10.00 Å². The van der Waals surface area contributed by atoms with Crippen LogP contribution in [-0.2, 0) is 11.3 Å². The molecular weight excluding hydrogens is 432 g/mol. The van der Waals surface area contributed by atoms with Crippen molar-refractivity contribution in [3.05, 3.63) is 94.4 Å². The van der Waals surface area contributed by atoms with Gasteiger partial charge in [0.25, 0.3) is 5.88 Å². The molecular formula is C25H18N6O3. The van der Waals surface area contributed by atoms with Gasteiger partial charge in [-0.2, -0.15) is 5.26 Å². The maximum absolute atomic E-state index is 13.2. The number of nitrogens with one attached hydrogen (secondary N) is 1. The number of nitrogens with zero attached hydrogens (tertiary/aromatic N) is 5. The van der Waals surface area contributed by atoms with Crippen LogP contribution in [0, 0.1) is 18.3 Å². The molecule has 0 aliphatic carbocycles. The summed E-state index contributed by atoms with van der Waals surface area (Å²) in [4.78, 5) is 30.4. The molecule has 5 aromatic rings. The van der Waals surface area contributed by atoms with Crippen LogP contribution < -0.4 is 15.7 Å². The number of nitriles is 1. The van der Waals surface area contributed by atoms with Crippen molar-refractivity contribution in [2.24, 2.45) is 0 Å². The van der Waals surface area contributed by atoms with Crippen molar-refractivity contribution in [1.29, 1.82) is 5.26 Å². The zero-order valence-electron chi connectivity index (χ0n) is 18.1. The lowest BCUT2D eigenvalue weighted by molar-refractivity contribution is -0.117. The van der Waals surface area contributed by atoms with Gasteiger partial charge in [-0.05, 0) is 49.4 Å². The number of ether oxygens (including phenoxy) is 1. The molecule has 1 N–H and O–H groups in total. The Hall–Kier alpha value is -4.97. The van der Waals surface area contributed by atoms with E-state index in [0.29, 0.717) is 28.0 Å². The summed E-state index contributed by atoms with van der Waals surface area (Å²) in [6.07, 6.45) is 0. The number of benzene rings is 3. The van der Waals surface area contributed by atoms with Crippen molar-refractivity contribution in [2.45, 2.75) is 13.5 Å². The van der Waals surface area contributed by atoms with Crippen LogP contribution in [0.5, 0.6) is 11.6 Å². The van der Waals surface area contributed by atoms with Crippen LogP contribution in [0.1, 0.15) is 11.1 Å². The van der Waals surface area contributed by atoms with Crippen molar-refractivity contribution in [3.8, 4) is 17.7 Å². The Morgan fingerprint density at radius 1 is 1.09 bits per heavy atom. The minimum atomic E-state index is -0.497. The van der Waals surface area contributed by atoms with Crippen LogP contribution in [-0.4, -0.2) is 25.1 Å². The molecule has 1 amide bonds. The molecule has 2 aromatic heterocycles. The highest BCUT2D eigenvalue weighted by Gasteiger charge is 2.19. The molecule has 0 saturated heterocycles. The van der Waals surface area contributed by atoms with E-state index in [0.717, 1.165) is 10.2 Å². The fraction of sp³-hybridized carbons (Fsp3) is 0.0800. The standard InChI is InChI=1S/C25H18N6O3/c1-16-9-11-19(12-10-16)34-24-23-29-30(15-22(32)27-18-6-4-5-17(13-18)14-26)25(33)31(23)21-8-3-2-7-20(21)28-24/h2-13H,15H2,1H3,(H,27,32). The van der Waals surface area contributed by atoms with Gasteiger partial charge in [-0.1, -0.05) is 35.9 Å². The zero-order chi connectivity index (χ0) is 23.7. The third-order valence-corrected chi connectivity index (χ3v) is 5.18. The molecule has 34 heavy (non-hydrogen) atoms. The van der Waals surface area contributed by atoms with Gasteiger partial charge in [-0.25, -0.2) is 18.9 Å². The molecule has 5 rings (SSSR count). The van der Waals surface area contributed by atoms with E-state index in [-0.39, 0.29) is 18.1 Å². The SMILES string of the molecule is Cc1ccc(Oc2nc3ccccc3n3c(=O)n(CC(=O)Nc4cccc(C#N)c4)nc23)cc1. The van der Waals surface area contributed by atoms with Crippen LogP contribution in [0.25, 0.3) is 16.7 Å². The average Bonchev–Trinajstić information content (AvgIpc) is 3.17. The van der Waals surface area contributed by atoms with Crippen molar-refractivity contribution in [2.75, 3.05) is 5.32 Å². The molecule has 9 heteroatoms. The summed E-state index contributed by atoms with van der Waals surface area (Å²) in [5.41, 5.74) is 2.75. The number of para-hydroxylation sites is 2. The molecule has 3 aromatic carbocycles. The number of hydrogen-bond acceptors (Lipinski definition) is 6. The molecule has 166 valence electrons. The van der Waals surface area contributed by atoms with Crippen molar-refractivity contribution < 1.29 is 9.53 Å². The monoisotopic (exact) mass is 450 g/mol. The first-order valence-corrected chi connectivity index (χ1v) is 10.4. The van der Waals surface area contributed by atoms with Crippen LogP contribution in [0.4, 0.5) is 5.69 Å². The number of amides is 1. The van der Waals surface area contributed by atoms with Crippen LogP contribution in [0.3, 0.4) is 0 Å². The Morgan fingerprint density at radius 3 is 2.68 bits per heavy atom. The Bertz CT molecular complexity index is 1640. The predicted molar refractivity (Wildman–Crippen MR) is 126 cm³/mol. The van der Waals surface area contributed by atoms with Crippen molar-refractivity contribution >= 4 is 28.3 Å². The molecule has 0 aliphatic rings. The highest BCUT2D eigenvalue weighted by atomic mass is 16.5. The molecule has 0 bridgehead atoms. The second-order valence-electron chi connectivity index (χ2n) is 7.66. The normalized spacial score (nSPS) is 10.8. The minimum Gasteiger partial charge on any atom is -0.436 e. The maximum Gasteiger partial charge on any atom is 0.351 e. The number of carbonyl (C=O) groups excluding carboxylic acids is 1. The van der Waals surface area contributed by atoms with Crippen LogP contribution in [0.2, 0.25) is 0 Å². The lowest BCUT2D eigenvalue weighted by atomic mass is 10.2. The predicted octanol–water partition coefficient (Wildman–Crippen LogP) is 3.66. The lowest BCUT2D eigenvalue weighted by Gasteiger charge is -2.07. The molecule has 2 heterocycles. The Labute approximate surface area is 193 Å². The molecule has 0 atom stereocenters. The van der Waals surface area contributed by atoms with Gasteiger partial charge in [-0.15, -0.1) is 5.10 Å². The summed E-state index contributed by atoms with van der Waals surface area (Å²) in [6.45, 7) is 1.65. The number of carbonyl (C=O) groups is 1. The van der Waals surface area contributed by atoms with E-state index >= 15 is 0 Å². The molecule has 0 saturated carbocycles. The fourth-order valence-corrected chi connectivity index (χ4v) is 3.56. The summed E-state index contributed by atoms with van der Waals surface area (Å²) in [5, 5.41) is 16.1. The third-order valence-electron chi connectivity index (χ3n) is 5.18. The summed E-state index contributed by atoms with van der Waals surface area (Å²) < 4.78 is 8.42. The number of fused-ring (bicyclic) bond motifs is 3. The van der Waals surface area contributed by atoms with E-state index in [1.807, 2.05) is 31.2 Å². The Balaban J connectivity index is 1.54. The van der Waals surface area contributed by atoms with Crippen LogP contribution in [0.15, 0.2) is 77.6 Å².